The highest BCUT2D eigenvalue weighted by atomic mass is 19.1. The summed E-state index contributed by atoms with van der Waals surface area (Å²) in [5, 5.41) is 4.29. The molecule has 3 N–H and O–H groups in total. The van der Waals surface area contributed by atoms with Gasteiger partial charge in [0.25, 0.3) is 5.91 Å². The molecule has 0 radical (unpaired) electrons. The summed E-state index contributed by atoms with van der Waals surface area (Å²) in [7, 11) is 0. The molecule has 0 aliphatic heterocycles. The van der Waals surface area contributed by atoms with Crippen molar-refractivity contribution in [2.75, 3.05) is 0 Å². The van der Waals surface area contributed by atoms with Crippen LogP contribution in [0.25, 0.3) is 0 Å². The van der Waals surface area contributed by atoms with Crippen molar-refractivity contribution in [3.05, 3.63) is 94.2 Å². The Morgan fingerprint density at radius 1 is 0.971 bits per heavy atom. The second-order valence-electron chi connectivity index (χ2n) is 7.85. The van der Waals surface area contributed by atoms with Crippen molar-refractivity contribution in [3.63, 3.8) is 0 Å². The largest absolute Gasteiger partial charge is 0.455 e. The van der Waals surface area contributed by atoms with Crippen LogP contribution in [0.15, 0.2) is 64.1 Å². The molecule has 4 rings (SSSR count). The van der Waals surface area contributed by atoms with Crippen molar-refractivity contribution in [2.45, 2.75) is 32.6 Å². The first-order valence-corrected chi connectivity index (χ1v) is 10.8. The molecule has 2 aromatic carbocycles. The van der Waals surface area contributed by atoms with Crippen molar-refractivity contribution < 1.29 is 23.2 Å². The summed E-state index contributed by atoms with van der Waals surface area (Å²) in [4.78, 5) is 37.1. The number of hydrogen-bond donors (Lipinski definition) is 3. The van der Waals surface area contributed by atoms with Crippen LogP contribution >= 0.6 is 0 Å². The van der Waals surface area contributed by atoms with Gasteiger partial charge in [-0.25, -0.2) is 9.82 Å². The number of nitrogens with zero attached hydrogens (tertiary/aromatic N) is 1. The number of hydrazine groups is 1. The molecule has 174 valence electrons. The van der Waals surface area contributed by atoms with Gasteiger partial charge in [0, 0.05) is 17.5 Å². The van der Waals surface area contributed by atoms with Gasteiger partial charge in [-0.2, -0.15) is 5.10 Å². The number of amides is 3. The van der Waals surface area contributed by atoms with Gasteiger partial charge in [0.2, 0.25) is 5.91 Å². The number of carbonyl (C=O) groups excluding carboxylic acids is 3. The SMILES string of the molecule is Cc1c(C(=O)NNC(=O)c2ccccc2F)oc2c1/C(=N/NC(=O)Cc1ccccc1)CCC2. The molecule has 3 aromatic rings. The molecular formula is C25H23FN4O4. The van der Waals surface area contributed by atoms with Gasteiger partial charge in [0.1, 0.15) is 11.6 Å². The molecule has 0 atom stereocenters. The summed E-state index contributed by atoms with van der Waals surface area (Å²) in [6.45, 7) is 1.71. The van der Waals surface area contributed by atoms with Crippen molar-refractivity contribution in [1.82, 2.24) is 16.3 Å². The lowest BCUT2D eigenvalue weighted by molar-refractivity contribution is -0.120. The van der Waals surface area contributed by atoms with Gasteiger partial charge >= 0.3 is 5.91 Å². The molecule has 1 aliphatic rings. The number of hydrazone groups is 1. The van der Waals surface area contributed by atoms with Crippen LogP contribution in [0.3, 0.4) is 0 Å². The maximum Gasteiger partial charge on any atom is 0.305 e. The summed E-state index contributed by atoms with van der Waals surface area (Å²) in [5.41, 5.74) is 9.56. The number of benzene rings is 2. The average molecular weight is 462 g/mol. The number of nitrogens with one attached hydrogen (secondary N) is 3. The van der Waals surface area contributed by atoms with E-state index in [1.54, 1.807) is 6.92 Å². The Hall–Kier alpha value is -4.27. The highest BCUT2D eigenvalue weighted by Gasteiger charge is 2.28. The first-order valence-electron chi connectivity index (χ1n) is 10.8. The summed E-state index contributed by atoms with van der Waals surface area (Å²) in [6, 6.07) is 14.8. The number of aryl methyl sites for hydroxylation is 1. The number of hydrogen-bond acceptors (Lipinski definition) is 5. The van der Waals surface area contributed by atoms with Crippen molar-refractivity contribution in [2.24, 2.45) is 5.10 Å². The molecule has 9 heteroatoms. The third kappa shape index (κ3) is 5.03. The third-order valence-corrected chi connectivity index (χ3v) is 5.46. The Kier molecular flexibility index (Phi) is 6.82. The van der Waals surface area contributed by atoms with E-state index < -0.39 is 17.6 Å². The molecule has 1 heterocycles. The van der Waals surface area contributed by atoms with Gasteiger partial charge in [-0.1, -0.05) is 42.5 Å². The van der Waals surface area contributed by atoms with Crippen molar-refractivity contribution >= 4 is 23.4 Å². The minimum Gasteiger partial charge on any atom is -0.455 e. The third-order valence-electron chi connectivity index (χ3n) is 5.46. The van der Waals surface area contributed by atoms with Crippen LogP contribution in [0.5, 0.6) is 0 Å². The van der Waals surface area contributed by atoms with Crippen LogP contribution < -0.4 is 16.3 Å². The normalized spacial score (nSPS) is 13.8. The van der Waals surface area contributed by atoms with Gasteiger partial charge in [-0.15, -0.1) is 0 Å². The fourth-order valence-corrected chi connectivity index (χ4v) is 3.83. The topological polar surface area (TPSA) is 113 Å². The monoisotopic (exact) mass is 462 g/mol. The number of carbonyl (C=O) groups is 3. The van der Waals surface area contributed by atoms with Crippen LogP contribution in [0.2, 0.25) is 0 Å². The zero-order valence-electron chi connectivity index (χ0n) is 18.5. The molecule has 0 unspecified atom stereocenters. The molecule has 34 heavy (non-hydrogen) atoms. The Morgan fingerprint density at radius 2 is 1.68 bits per heavy atom. The number of halogens is 1. The van der Waals surface area contributed by atoms with E-state index in [0.29, 0.717) is 35.4 Å². The van der Waals surface area contributed by atoms with E-state index in [1.165, 1.54) is 18.2 Å². The van der Waals surface area contributed by atoms with Crippen molar-refractivity contribution in [1.29, 1.82) is 0 Å². The molecule has 3 amide bonds. The van der Waals surface area contributed by atoms with Gasteiger partial charge in [0.05, 0.1) is 17.7 Å². The van der Waals surface area contributed by atoms with E-state index in [-0.39, 0.29) is 23.7 Å². The summed E-state index contributed by atoms with van der Waals surface area (Å²) < 4.78 is 19.5. The van der Waals surface area contributed by atoms with E-state index in [9.17, 15) is 18.8 Å². The Bertz CT molecular complexity index is 1270. The quantitative estimate of drug-likeness (QED) is 0.506. The first kappa shape index (κ1) is 22.9. The zero-order valence-corrected chi connectivity index (χ0v) is 18.5. The lowest BCUT2D eigenvalue weighted by Gasteiger charge is -2.13. The van der Waals surface area contributed by atoms with E-state index in [1.807, 2.05) is 30.3 Å². The minimum absolute atomic E-state index is 0.0176. The first-order chi connectivity index (χ1) is 16.4. The molecule has 0 bridgehead atoms. The molecular weight excluding hydrogens is 439 g/mol. The second-order valence-corrected chi connectivity index (χ2v) is 7.85. The molecule has 8 nitrogen and oxygen atoms in total. The number of rotatable bonds is 5. The molecule has 0 saturated carbocycles. The standard InChI is InChI=1S/C25H23FN4O4/c1-15-22-19(27-28-21(31)14-16-8-3-2-4-9-16)12-7-13-20(22)34-23(15)25(33)30-29-24(32)17-10-5-6-11-18(17)26/h2-6,8-11H,7,12-14H2,1H3,(H,28,31)(H,29,32)(H,30,33)/b27-19+. The van der Waals surface area contributed by atoms with Crippen LogP contribution in [-0.2, 0) is 17.6 Å². The zero-order chi connectivity index (χ0) is 24.1. The van der Waals surface area contributed by atoms with Crippen LogP contribution in [0.1, 0.15) is 56.2 Å². The van der Waals surface area contributed by atoms with Crippen molar-refractivity contribution in [3.8, 4) is 0 Å². The van der Waals surface area contributed by atoms with Crippen LogP contribution in [0.4, 0.5) is 4.39 Å². The summed E-state index contributed by atoms with van der Waals surface area (Å²) in [5.74, 6) is -1.81. The Morgan fingerprint density at radius 3 is 2.44 bits per heavy atom. The summed E-state index contributed by atoms with van der Waals surface area (Å²) in [6.07, 6.45) is 2.18. The Balaban J connectivity index is 1.45. The fraction of sp³-hybridized carbons (Fsp3) is 0.200. The highest BCUT2D eigenvalue weighted by molar-refractivity contribution is 6.07. The summed E-state index contributed by atoms with van der Waals surface area (Å²) >= 11 is 0. The number of fused-ring (bicyclic) bond motifs is 1. The highest BCUT2D eigenvalue weighted by Crippen LogP contribution is 2.29. The lowest BCUT2D eigenvalue weighted by atomic mass is 9.93. The molecule has 0 spiro atoms. The van der Waals surface area contributed by atoms with E-state index >= 15 is 0 Å². The van der Waals surface area contributed by atoms with Gasteiger partial charge < -0.3 is 4.42 Å². The van der Waals surface area contributed by atoms with E-state index in [0.717, 1.165) is 18.1 Å². The average Bonchev–Trinajstić information content (AvgIpc) is 3.19. The fourth-order valence-electron chi connectivity index (χ4n) is 3.83. The maximum atomic E-state index is 13.8. The van der Waals surface area contributed by atoms with Gasteiger partial charge in [0.15, 0.2) is 5.76 Å². The molecule has 1 aromatic heterocycles. The maximum absolute atomic E-state index is 13.8. The molecule has 0 fully saturated rings. The lowest BCUT2D eigenvalue weighted by Crippen LogP contribution is -2.42. The predicted octanol–water partition coefficient (Wildman–Crippen LogP) is 3.20. The minimum atomic E-state index is -0.788. The Labute approximate surface area is 195 Å². The molecule has 1 aliphatic carbocycles. The van der Waals surface area contributed by atoms with Crippen LogP contribution in [-0.4, -0.2) is 23.4 Å². The second kappa shape index (κ2) is 10.1. The predicted molar refractivity (Wildman–Crippen MR) is 123 cm³/mol. The van der Waals surface area contributed by atoms with Gasteiger partial charge in [-0.3, -0.25) is 25.2 Å². The molecule has 0 saturated heterocycles. The van der Waals surface area contributed by atoms with E-state index in [2.05, 4.69) is 21.4 Å². The van der Waals surface area contributed by atoms with Crippen LogP contribution in [0, 0.1) is 12.7 Å². The number of furan rings is 1. The van der Waals surface area contributed by atoms with E-state index in [4.69, 9.17) is 4.42 Å². The smallest absolute Gasteiger partial charge is 0.305 e. The van der Waals surface area contributed by atoms with Gasteiger partial charge in [-0.05, 0) is 37.5 Å².